The van der Waals surface area contributed by atoms with Crippen LogP contribution < -0.4 is 0 Å². The Labute approximate surface area is 245 Å². The zero-order chi connectivity index (χ0) is 29.5. The largest absolute Gasteiger partial charge is 0.418 e. The number of carbonyl (C=O) groups is 1. The van der Waals surface area contributed by atoms with Gasteiger partial charge in [0.05, 0.1) is 16.8 Å². The van der Waals surface area contributed by atoms with Gasteiger partial charge in [-0.15, -0.1) is 0 Å². The average Bonchev–Trinajstić information content (AvgIpc) is 3.43. The fourth-order valence-electron chi connectivity index (χ4n) is 5.65. The van der Waals surface area contributed by atoms with Gasteiger partial charge in [0.2, 0.25) is 0 Å². The molecule has 1 fully saturated rings. The van der Waals surface area contributed by atoms with Crippen molar-refractivity contribution in [1.82, 2.24) is 9.80 Å². The number of aryl methyl sites for hydroxylation is 1. The van der Waals surface area contributed by atoms with E-state index in [-0.39, 0.29) is 33.8 Å². The van der Waals surface area contributed by atoms with Gasteiger partial charge in [0, 0.05) is 25.2 Å². The van der Waals surface area contributed by atoms with Gasteiger partial charge in [-0.3, -0.25) is 4.79 Å². The van der Waals surface area contributed by atoms with Gasteiger partial charge >= 0.3 is 6.18 Å². The summed E-state index contributed by atoms with van der Waals surface area (Å²) in [4.78, 5) is 16.8. The third-order valence-electron chi connectivity index (χ3n) is 8.24. The normalized spacial score (nSPS) is 20.0. The zero-order valence-electron chi connectivity index (χ0n) is 23.6. The summed E-state index contributed by atoms with van der Waals surface area (Å²) < 4.78 is 43.1. The highest BCUT2D eigenvalue weighted by atomic mass is 35.5. The van der Waals surface area contributed by atoms with Crippen molar-refractivity contribution in [2.24, 2.45) is 5.92 Å². The molecular formula is C34H34ClF3N2O. The van der Waals surface area contributed by atoms with E-state index in [0.717, 1.165) is 36.5 Å². The second-order valence-electron chi connectivity index (χ2n) is 11.3. The smallest absolute Gasteiger partial charge is 0.338 e. The Hall–Kier alpha value is -3.51. The fourth-order valence-corrected chi connectivity index (χ4v) is 6.00. The number of hydrogen-bond donors (Lipinski definition) is 0. The second kappa shape index (κ2) is 11.4. The Morgan fingerprint density at radius 2 is 1.88 bits per heavy atom. The third-order valence-corrected chi connectivity index (χ3v) is 8.61. The van der Waals surface area contributed by atoms with Crippen molar-refractivity contribution >= 4 is 23.1 Å². The van der Waals surface area contributed by atoms with Crippen molar-refractivity contribution in [3.63, 3.8) is 0 Å². The van der Waals surface area contributed by atoms with Crippen molar-refractivity contribution in [1.29, 1.82) is 0 Å². The molecule has 214 valence electrons. The molecule has 2 aromatic rings. The average molecular weight is 579 g/mol. The molecule has 3 aliphatic heterocycles. The van der Waals surface area contributed by atoms with Crippen LogP contribution in [0.1, 0.15) is 54.9 Å². The zero-order valence-corrected chi connectivity index (χ0v) is 24.3. The number of benzene rings is 2. The van der Waals surface area contributed by atoms with Gasteiger partial charge in [0.25, 0.3) is 5.91 Å². The molecule has 0 N–H and O–H groups in total. The summed E-state index contributed by atoms with van der Waals surface area (Å²) in [7, 11) is 0. The number of amides is 1. The summed E-state index contributed by atoms with van der Waals surface area (Å²) >= 11 is 6.80. The minimum Gasteiger partial charge on any atom is -0.338 e. The standard InChI is InChI=1S/C34H34ClF3N2O/c1-5-21(2)15-24-7-6-8-26(17-24)28-18-29(34(36,37)38)30-16-23(4)31(32(35)40(30)20-28)33(41)39-14-13-27(19-39)25-11-9-22(3)10-12-25/h6-12,16-18,20-21,27H,4-5,13-15,19H2,1-3H3. The predicted octanol–water partition coefficient (Wildman–Crippen LogP) is 8.65. The first-order valence-corrected chi connectivity index (χ1v) is 14.4. The van der Waals surface area contributed by atoms with Crippen LogP contribution in [0.3, 0.4) is 0 Å². The quantitative estimate of drug-likeness (QED) is 0.320. The first-order valence-electron chi connectivity index (χ1n) is 14.0. The molecule has 41 heavy (non-hydrogen) atoms. The number of halogens is 4. The molecule has 0 spiro atoms. The van der Waals surface area contributed by atoms with E-state index < -0.39 is 11.7 Å². The summed E-state index contributed by atoms with van der Waals surface area (Å²) in [6.07, 6.45) is 2.07. The molecule has 3 nitrogen and oxygen atoms in total. The molecule has 0 saturated carbocycles. The maximum absolute atomic E-state index is 14.4. The van der Waals surface area contributed by atoms with E-state index in [1.807, 2.05) is 25.1 Å². The van der Waals surface area contributed by atoms with Gasteiger partial charge in [-0.2, -0.15) is 13.2 Å². The van der Waals surface area contributed by atoms with E-state index >= 15 is 0 Å². The molecule has 2 aromatic carbocycles. The minimum absolute atomic E-state index is 0.0700. The van der Waals surface area contributed by atoms with Gasteiger partial charge < -0.3 is 9.80 Å². The summed E-state index contributed by atoms with van der Waals surface area (Å²) in [5, 5.41) is -0.0700. The number of carbonyl (C=O) groups excluding carboxylic acids is 1. The summed E-state index contributed by atoms with van der Waals surface area (Å²) in [5.41, 5.74) is 3.76. The maximum atomic E-state index is 14.4. The molecule has 0 aromatic heterocycles. The first kappa shape index (κ1) is 29.0. The highest BCUT2D eigenvalue weighted by Crippen LogP contribution is 2.45. The Kier molecular flexibility index (Phi) is 8.06. The maximum Gasteiger partial charge on any atom is 0.418 e. The molecule has 0 radical (unpaired) electrons. The number of hydrogen-bond acceptors (Lipinski definition) is 2. The lowest BCUT2D eigenvalue weighted by Gasteiger charge is -2.35. The van der Waals surface area contributed by atoms with E-state index in [2.05, 4.69) is 44.7 Å². The molecule has 3 aliphatic rings. The first-order chi connectivity index (χ1) is 19.5. The van der Waals surface area contributed by atoms with Crippen LogP contribution in [0.25, 0.3) is 5.57 Å². The highest BCUT2D eigenvalue weighted by molar-refractivity contribution is 6.32. The Morgan fingerprint density at radius 3 is 2.56 bits per heavy atom. The van der Waals surface area contributed by atoms with Crippen LogP contribution in [0.2, 0.25) is 0 Å². The second-order valence-corrected chi connectivity index (χ2v) is 11.7. The van der Waals surface area contributed by atoms with Crippen molar-refractivity contribution in [2.45, 2.75) is 52.1 Å². The SMILES string of the molecule is C=C1C=C2C(C(F)(F)F)=CC(c3cccc(CC(C)CC)c3)=CN2C(Cl)=C1C(=O)N1CCC(c2ccc(C)cc2)C1. The molecule has 1 amide bonds. The molecule has 0 bridgehead atoms. The van der Waals surface area contributed by atoms with Gasteiger partial charge in [-0.1, -0.05) is 92.5 Å². The molecule has 5 rings (SSSR count). The van der Waals surface area contributed by atoms with E-state index in [0.29, 0.717) is 30.1 Å². The summed E-state index contributed by atoms with van der Waals surface area (Å²) in [5.74, 6) is 0.320. The molecule has 3 heterocycles. The van der Waals surface area contributed by atoms with Crippen LogP contribution in [0.15, 0.2) is 101 Å². The molecule has 0 aliphatic carbocycles. The van der Waals surface area contributed by atoms with E-state index in [4.69, 9.17) is 11.6 Å². The summed E-state index contributed by atoms with van der Waals surface area (Å²) in [6.45, 7) is 11.3. The number of nitrogens with zero attached hydrogens (tertiary/aromatic N) is 2. The Morgan fingerprint density at radius 1 is 1.15 bits per heavy atom. The topological polar surface area (TPSA) is 23.6 Å². The highest BCUT2D eigenvalue weighted by Gasteiger charge is 2.43. The number of alkyl halides is 3. The van der Waals surface area contributed by atoms with Gasteiger partial charge in [0.15, 0.2) is 0 Å². The predicted molar refractivity (Wildman–Crippen MR) is 159 cm³/mol. The lowest BCUT2D eigenvalue weighted by Crippen LogP contribution is -2.35. The van der Waals surface area contributed by atoms with Crippen LogP contribution in [-0.4, -0.2) is 35.0 Å². The van der Waals surface area contributed by atoms with Crippen molar-refractivity contribution < 1.29 is 18.0 Å². The molecule has 2 atom stereocenters. The molecular weight excluding hydrogens is 545 g/mol. The monoisotopic (exact) mass is 578 g/mol. The van der Waals surface area contributed by atoms with E-state index in [1.165, 1.54) is 16.5 Å². The lowest BCUT2D eigenvalue weighted by molar-refractivity contribution is -0.126. The summed E-state index contributed by atoms with van der Waals surface area (Å²) in [6, 6.07) is 15.9. The molecule has 7 heteroatoms. The number of allylic oxidation sites excluding steroid dienone is 4. The number of likely N-dealkylation sites (tertiary alicyclic amines) is 1. The van der Waals surface area contributed by atoms with Crippen LogP contribution in [0.4, 0.5) is 13.2 Å². The van der Waals surface area contributed by atoms with Crippen molar-refractivity contribution in [3.8, 4) is 0 Å². The fraction of sp³-hybridized carbons (Fsp3) is 0.324. The third kappa shape index (κ3) is 5.94. The van der Waals surface area contributed by atoms with Crippen LogP contribution >= 0.6 is 11.6 Å². The van der Waals surface area contributed by atoms with Gasteiger partial charge in [-0.25, -0.2) is 0 Å². The Bertz CT molecular complexity index is 1500. The molecule has 2 unspecified atom stereocenters. The van der Waals surface area contributed by atoms with Gasteiger partial charge in [-0.05, 0) is 65.7 Å². The van der Waals surface area contributed by atoms with E-state index in [9.17, 15) is 18.0 Å². The van der Waals surface area contributed by atoms with Crippen LogP contribution in [0, 0.1) is 12.8 Å². The lowest BCUT2D eigenvalue weighted by atomic mass is 9.91. The molecule has 1 saturated heterocycles. The van der Waals surface area contributed by atoms with Crippen molar-refractivity contribution in [3.05, 3.63) is 123 Å². The number of fused-ring (bicyclic) bond motifs is 1. The van der Waals surface area contributed by atoms with Crippen LogP contribution in [0.5, 0.6) is 0 Å². The van der Waals surface area contributed by atoms with Crippen LogP contribution in [-0.2, 0) is 11.2 Å². The minimum atomic E-state index is -4.63. The van der Waals surface area contributed by atoms with E-state index in [1.54, 1.807) is 17.2 Å². The number of rotatable bonds is 6. The van der Waals surface area contributed by atoms with Gasteiger partial charge in [0.1, 0.15) is 5.16 Å². The van der Waals surface area contributed by atoms with Crippen molar-refractivity contribution in [2.75, 3.05) is 13.1 Å². The Balaban J connectivity index is 1.48.